The summed E-state index contributed by atoms with van der Waals surface area (Å²) in [5, 5.41) is 10.8. The molecule has 1 heterocycles. The molecule has 1 aromatic carbocycles. The summed E-state index contributed by atoms with van der Waals surface area (Å²) in [7, 11) is 3.47. The first-order valence-corrected chi connectivity index (χ1v) is 10.8. The molecule has 0 radical (unpaired) electrons. The molecule has 0 aliphatic heterocycles. The van der Waals surface area contributed by atoms with Crippen molar-refractivity contribution in [1.29, 1.82) is 0 Å². The number of ether oxygens (including phenoxy) is 2. The molecule has 0 spiro atoms. The van der Waals surface area contributed by atoms with Crippen LogP contribution in [0.5, 0.6) is 11.5 Å². The number of para-hydroxylation sites is 1. The predicted molar refractivity (Wildman–Crippen MR) is 134 cm³/mol. The van der Waals surface area contributed by atoms with E-state index in [1.807, 2.05) is 26.0 Å². The molecule has 1 aliphatic rings. The number of aliphatic imine (C=N–C) groups is 1. The zero-order valence-corrected chi connectivity index (χ0v) is 21.3. The standard InChI is InChI=1S/C23H34N4O3.HI/c1-16-20(17(2)30-27-16)12-8-14-25-23(24-3)26-15-18-9-7-13-21(28-4)22(18)29-19-10-5-6-11-19;/h7,9,13,19H,5-6,8,10-12,14-15H2,1-4H3,(H2,24,25,26);1H. The van der Waals surface area contributed by atoms with Crippen molar-refractivity contribution in [3.63, 3.8) is 0 Å². The van der Waals surface area contributed by atoms with Crippen molar-refractivity contribution in [3.05, 3.63) is 40.8 Å². The van der Waals surface area contributed by atoms with Crippen LogP contribution in [0, 0.1) is 13.8 Å². The summed E-state index contributed by atoms with van der Waals surface area (Å²) in [4.78, 5) is 4.34. The molecule has 0 unspecified atom stereocenters. The Morgan fingerprint density at radius 1 is 1.23 bits per heavy atom. The van der Waals surface area contributed by atoms with E-state index in [0.29, 0.717) is 6.54 Å². The molecule has 8 heteroatoms. The van der Waals surface area contributed by atoms with E-state index < -0.39 is 0 Å². The third kappa shape index (κ3) is 7.02. The van der Waals surface area contributed by atoms with Crippen LogP contribution in [0.1, 0.15) is 54.7 Å². The number of methoxy groups -OCH3 is 1. The summed E-state index contributed by atoms with van der Waals surface area (Å²) in [5.41, 5.74) is 3.24. The van der Waals surface area contributed by atoms with Crippen LogP contribution in [-0.4, -0.2) is 37.9 Å². The number of nitrogens with zero attached hydrogens (tertiary/aromatic N) is 2. The highest BCUT2D eigenvalue weighted by Gasteiger charge is 2.20. The third-order valence-corrected chi connectivity index (χ3v) is 5.61. The van der Waals surface area contributed by atoms with E-state index in [1.54, 1.807) is 14.2 Å². The fourth-order valence-corrected chi connectivity index (χ4v) is 3.90. The molecule has 0 bridgehead atoms. The number of aromatic nitrogens is 1. The molecule has 2 aromatic rings. The second kappa shape index (κ2) is 12.8. The molecule has 0 atom stereocenters. The topological polar surface area (TPSA) is 80.9 Å². The average molecular weight is 542 g/mol. The predicted octanol–water partition coefficient (Wildman–Crippen LogP) is 4.54. The van der Waals surface area contributed by atoms with Crippen LogP contribution in [0.4, 0.5) is 0 Å². The molecule has 31 heavy (non-hydrogen) atoms. The summed E-state index contributed by atoms with van der Waals surface area (Å²) >= 11 is 0. The van der Waals surface area contributed by atoms with Gasteiger partial charge in [0.1, 0.15) is 5.76 Å². The van der Waals surface area contributed by atoms with Gasteiger partial charge in [-0.25, -0.2) is 0 Å². The minimum atomic E-state index is 0. The molecule has 1 saturated carbocycles. The number of guanidine groups is 1. The highest BCUT2D eigenvalue weighted by atomic mass is 127. The number of benzene rings is 1. The number of nitrogens with one attached hydrogen (secondary N) is 2. The first kappa shape index (κ1) is 25.3. The first-order valence-electron chi connectivity index (χ1n) is 10.8. The largest absolute Gasteiger partial charge is 0.493 e. The minimum absolute atomic E-state index is 0. The Bertz CT molecular complexity index is 828. The molecule has 1 aromatic heterocycles. The van der Waals surface area contributed by atoms with Crippen LogP contribution < -0.4 is 20.1 Å². The lowest BCUT2D eigenvalue weighted by Crippen LogP contribution is -2.37. The van der Waals surface area contributed by atoms with E-state index in [9.17, 15) is 0 Å². The Hall–Kier alpha value is -1.97. The van der Waals surface area contributed by atoms with E-state index in [-0.39, 0.29) is 30.1 Å². The van der Waals surface area contributed by atoms with Crippen molar-refractivity contribution in [2.75, 3.05) is 20.7 Å². The van der Waals surface area contributed by atoms with Crippen molar-refractivity contribution < 1.29 is 14.0 Å². The Kier molecular flexibility index (Phi) is 10.4. The van der Waals surface area contributed by atoms with Gasteiger partial charge < -0.3 is 24.6 Å². The molecular formula is C23H35IN4O3. The van der Waals surface area contributed by atoms with Gasteiger partial charge in [-0.1, -0.05) is 17.3 Å². The Balaban J connectivity index is 0.00000341. The molecule has 3 rings (SSSR count). The fourth-order valence-electron chi connectivity index (χ4n) is 3.90. The molecule has 172 valence electrons. The highest BCUT2D eigenvalue weighted by Crippen LogP contribution is 2.34. The van der Waals surface area contributed by atoms with Gasteiger partial charge in [0.2, 0.25) is 0 Å². The number of hydrogen-bond acceptors (Lipinski definition) is 5. The van der Waals surface area contributed by atoms with Gasteiger partial charge >= 0.3 is 0 Å². The number of halogens is 1. The number of hydrogen-bond donors (Lipinski definition) is 2. The third-order valence-electron chi connectivity index (χ3n) is 5.61. The first-order chi connectivity index (χ1) is 14.6. The molecule has 2 N–H and O–H groups in total. The summed E-state index contributed by atoms with van der Waals surface area (Å²) in [5.74, 6) is 3.29. The van der Waals surface area contributed by atoms with Crippen LogP contribution in [0.15, 0.2) is 27.7 Å². The molecule has 0 saturated heterocycles. The van der Waals surface area contributed by atoms with Crippen LogP contribution in [0.25, 0.3) is 0 Å². The van der Waals surface area contributed by atoms with Crippen molar-refractivity contribution in [1.82, 2.24) is 15.8 Å². The van der Waals surface area contributed by atoms with E-state index >= 15 is 0 Å². The van der Waals surface area contributed by atoms with Gasteiger partial charge in [-0.3, -0.25) is 4.99 Å². The van der Waals surface area contributed by atoms with Crippen molar-refractivity contribution in [3.8, 4) is 11.5 Å². The second-order valence-corrected chi connectivity index (χ2v) is 7.73. The maximum absolute atomic E-state index is 6.32. The molecule has 0 amide bonds. The quantitative estimate of drug-likeness (QED) is 0.210. The van der Waals surface area contributed by atoms with Crippen molar-refractivity contribution in [2.24, 2.45) is 4.99 Å². The zero-order valence-electron chi connectivity index (χ0n) is 19.0. The average Bonchev–Trinajstić information content (AvgIpc) is 3.38. The Morgan fingerprint density at radius 2 is 2.00 bits per heavy atom. The van der Waals surface area contributed by atoms with Gasteiger partial charge in [-0.15, -0.1) is 24.0 Å². The summed E-state index contributed by atoms with van der Waals surface area (Å²) < 4.78 is 17.1. The molecule has 7 nitrogen and oxygen atoms in total. The van der Waals surface area contributed by atoms with Crippen molar-refractivity contribution >= 4 is 29.9 Å². The van der Waals surface area contributed by atoms with Crippen LogP contribution in [-0.2, 0) is 13.0 Å². The maximum atomic E-state index is 6.32. The summed E-state index contributed by atoms with van der Waals surface area (Å²) in [6.07, 6.45) is 6.87. The zero-order chi connectivity index (χ0) is 21.3. The Labute approximate surface area is 202 Å². The van der Waals surface area contributed by atoms with Gasteiger partial charge in [-0.2, -0.15) is 0 Å². The maximum Gasteiger partial charge on any atom is 0.191 e. The molecular weight excluding hydrogens is 507 g/mol. The number of rotatable bonds is 9. The fraction of sp³-hybridized carbons (Fsp3) is 0.565. The van der Waals surface area contributed by atoms with Gasteiger partial charge in [0.05, 0.1) is 18.9 Å². The smallest absolute Gasteiger partial charge is 0.191 e. The monoisotopic (exact) mass is 542 g/mol. The van der Waals surface area contributed by atoms with Crippen LogP contribution in [0.2, 0.25) is 0 Å². The Morgan fingerprint density at radius 3 is 2.65 bits per heavy atom. The van der Waals surface area contributed by atoms with Crippen LogP contribution in [0.3, 0.4) is 0 Å². The van der Waals surface area contributed by atoms with E-state index in [4.69, 9.17) is 14.0 Å². The molecule has 1 aliphatic carbocycles. The minimum Gasteiger partial charge on any atom is -0.493 e. The summed E-state index contributed by atoms with van der Waals surface area (Å²) in [6, 6.07) is 6.03. The lowest BCUT2D eigenvalue weighted by molar-refractivity contribution is 0.198. The van der Waals surface area contributed by atoms with Gasteiger partial charge in [-0.05, 0) is 58.4 Å². The van der Waals surface area contributed by atoms with Crippen LogP contribution >= 0.6 is 24.0 Å². The van der Waals surface area contributed by atoms with Gasteiger partial charge in [0.15, 0.2) is 17.5 Å². The second-order valence-electron chi connectivity index (χ2n) is 7.73. The van der Waals surface area contributed by atoms with Gasteiger partial charge in [0, 0.05) is 31.3 Å². The summed E-state index contributed by atoms with van der Waals surface area (Å²) in [6.45, 7) is 5.37. The number of aryl methyl sites for hydroxylation is 2. The normalized spacial score (nSPS) is 14.3. The SMILES string of the molecule is CN=C(NCCCc1c(C)noc1C)NCc1cccc(OC)c1OC1CCCC1.I. The highest BCUT2D eigenvalue weighted by molar-refractivity contribution is 14.0. The van der Waals surface area contributed by atoms with E-state index in [0.717, 1.165) is 66.7 Å². The molecule has 1 fully saturated rings. The van der Waals surface area contributed by atoms with Gasteiger partial charge in [0.25, 0.3) is 0 Å². The lowest BCUT2D eigenvalue weighted by Gasteiger charge is -2.20. The van der Waals surface area contributed by atoms with Crippen molar-refractivity contribution in [2.45, 2.75) is 65.0 Å². The lowest BCUT2D eigenvalue weighted by atomic mass is 10.1. The van der Waals surface area contributed by atoms with E-state index in [2.05, 4.69) is 26.8 Å². The van der Waals surface area contributed by atoms with E-state index in [1.165, 1.54) is 18.4 Å².